The first-order valence-electron chi connectivity index (χ1n) is 15.1. The number of aromatic nitrogens is 6. The second-order valence-electron chi connectivity index (χ2n) is 11.2. The summed E-state index contributed by atoms with van der Waals surface area (Å²) < 4.78 is 0. The van der Waals surface area contributed by atoms with Crippen molar-refractivity contribution in [3.8, 4) is 45.4 Å². The van der Waals surface area contributed by atoms with Crippen LogP contribution < -0.4 is 0 Å². The van der Waals surface area contributed by atoms with Gasteiger partial charge in [-0.2, -0.15) is 0 Å². The molecule has 46 heavy (non-hydrogen) atoms. The van der Waals surface area contributed by atoms with Crippen LogP contribution in [0.1, 0.15) is 0 Å². The predicted octanol–water partition coefficient (Wildman–Crippen LogP) is 9.34. The van der Waals surface area contributed by atoms with Gasteiger partial charge in [-0.3, -0.25) is 9.97 Å². The first-order valence-corrected chi connectivity index (χ1v) is 15.1. The normalized spacial score (nSPS) is 11.5. The van der Waals surface area contributed by atoms with Crippen molar-refractivity contribution in [3.63, 3.8) is 0 Å². The lowest BCUT2D eigenvalue weighted by atomic mass is 9.96. The number of rotatable bonds is 4. The van der Waals surface area contributed by atoms with Crippen molar-refractivity contribution in [2.75, 3.05) is 0 Å². The molecule has 4 heterocycles. The SMILES string of the molecule is c1ccc(-c2nc(-c3ccccc3)nc(-c3ccc(-c4nc5ccccc5c5cnc6c(ccc7cccnc76)c45)cc3)n2)cc1. The monoisotopic (exact) mass is 588 g/mol. The number of para-hydroxylation sites is 1. The molecule has 0 spiro atoms. The highest BCUT2D eigenvalue weighted by Gasteiger charge is 2.17. The number of fused-ring (bicyclic) bond motifs is 7. The molecule has 0 N–H and O–H groups in total. The van der Waals surface area contributed by atoms with Crippen LogP contribution in [0.25, 0.3) is 88.9 Å². The quantitative estimate of drug-likeness (QED) is 0.191. The molecule has 214 valence electrons. The molecule has 0 radical (unpaired) electrons. The van der Waals surface area contributed by atoms with Crippen LogP contribution in [-0.4, -0.2) is 29.9 Å². The molecular weight excluding hydrogens is 564 g/mol. The fourth-order valence-corrected chi connectivity index (χ4v) is 6.16. The Balaban J connectivity index is 1.24. The van der Waals surface area contributed by atoms with Gasteiger partial charge in [-0.05, 0) is 12.1 Å². The summed E-state index contributed by atoms with van der Waals surface area (Å²) >= 11 is 0. The molecular formula is C40H24N6. The Morgan fingerprint density at radius 1 is 0.370 bits per heavy atom. The van der Waals surface area contributed by atoms with Gasteiger partial charge in [0.25, 0.3) is 0 Å². The average Bonchev–Trinajstić information content (AvgIpc) is 3.14. The fourth-order valence-electron chi connectivity index (χ4n) is 6.16. The molecule has 6 nitrogen and oxygen atoms in total. The third kappa shape index (κ3) is 4.35. The number of pyridine rings is 3. The molecule has 0 atom stereocenters. The lowest BCUT2D eigenvalue weighted by molar-refractivity contribution is 1.07. The van der Waals surface area contributed by atoms with Crippen LogP contribution in [0.15, 0.2) is 146 Å². The van der Waals surface area contributed by atoms with Crippen LogP contribution in [0.3, 0.4) is 0 Å². The molecule has 0 aliphatic rings. The van der Waals surface area contributed by atoms with Gasteiger partial charge in [0.1, 0.15) is 0 Å². The summed E-state index contributed by atoms with van der Waals surface area (Å²) in [5, 5.41) is 5.27. The average molecular weight is 589 g/mol. The van der Waals surface area contributed by atoms with Crippen molar-refractivity contribution in [1.82, 2.24) is 29.9 Å². The Labute approximate surface area is 264 Å². The number of hydrogen-bond acceptors (Lipinski definition) is 6. The van der Waals surface area contributed by atoms with Crippen molar-refractivity contribution in [2.24, 2.45) is 0 Å². The van der Waals surface area contributed by atoms with Crippen molar-refractivity contribution in [1.29, 1.82) is 0 Å². The van der Waals surface area contributed by atoms with E-state index < -0.39 is 0 Å². The summed E-state index contributed by atoms with van der Waals surface area (Å²) in [5.41, 5.74) is 7.34. The maximum atomic E-state index is 5.22. The summed E-state index contributed by atoms with van der Waals surface area (Å²) in [6.07, 6.45) is 3.79. The Morgan fingerprint density at radius 3 is 1.67 bits per heavy atom. The maximum absolute atomic E-state index is 5.22. The van der Waals surface area contributed by atoms with Gasteiger partial charge in [0, 0.05) is 61.6 Å². The Morgan fingerprint density at radius 2 is 0.978 bits per heavy atom. The molecule has 0 bridgehead atoms. The van der Waals surface area contributed by atoms with E-state index in [0.29, 0.717) is 17.5 Å². The number of hydrogen-bond donors (Lipinski definition) is 0. The van der Waals surface area contributed by atoms with Gasteiger partial charge in [-0.1, -0.05) is 121 Å². The lowest BCUT2D eigenvalue weighted by Gasteiger charge is -2.13. The Bertz CT molecular complexity index is 2510. The van der Waals surface area contributed by atoms with Crippen LogP contribution in [0.5, 0.6) is 0 Å². The van der Waals surface area contributed by atoms with Gasteiger partial charge >= 0.3 is 0 Å². The third-order valence-corrected chi connectivity index (χ3v) is 8.39. The number of nitrogens with zero attached hydrogens (tertiary/aromatic N) is 6. The molecule has 0 aliphatic carbocycles. The van der Waals surface area contributed by atoms with Gasteiger partial charge in [0.2, 0.25) is 0 Å². The van der Waals surface area contributed by atoms with Crippen molar-refractivity contribution in [2.45, 2.75) is 0 Å². The van der Waals surface area contributed by atoms with E-state index in [1.54, 1.807) is 0 Å². The Kier molecular flexibility index (Phi) is 6.03. The van der Waals surface area contributed by atoms with Crippen molar-refractivity contribution in [3.05, 3.63) is 146 Å². The van der Waals surface area contributed by atoms with E-state index in [2.05, 4.69) is 59.6 Å². The molecule has 0 aliphatic heterocycles. The molecule has 0 saturated heterocycles. The van der Waals surface area contributed by atoms with E-state index in [-0.39, 0.29) is 0 Å². The molecule has 6 heteroatoms. The second kappa shape index (κ2) is 10.6. The van der Waals surface area contributed by atoms with Crippen LogP contribution in [-0.2, 0) is 0 Å². The topological polar surface area (TPSA) is 77.3 Å². The minimum Gasteiger partial charge on any atom is -0.254 e. The van der Waals surface area contributed by atoms with Gasteiger partial charge < -0.3 is 0 Å². The molecule has 0 fully saturated rings. The molecule has 0 saturated carbocycles. The maximum Gasteiger partial charge on any atom is 0.164 e. The number of benzene rings is 5. The van der Waals surface area contributed by atoms with Crippen LogP contribution in [0.2, 0.25) is 0 Å². The smallest absolute Gasteiger partial charge is 0.164 e. The molecule has 0 unspecified atom stereocenters. The zero-order chi connectivity index (χ0) is 30.5. The van der Waals surface area contributed by atoms with E-state index in [9.17, 15) is 0 Å². The van der Waals surface area contributed by atoms with E-state index in [1.165, 1.54) is 0 Å². The van der Waals surface area contributed by atoms with E-state index in [0.717, 1.165) is 71.4 Å². The molecule has 0 amide bonds. The van der Waals surface area contributed by atoms with Crippen molar-refractivity contribution < 1.29 is 0 Å². The lowest BCUT2D eigenvalue weighted by Crippen LogP contribution is -2.00. The van der Waals surface area contributed by atoms with E-state index >= 15 is 0 Å². The minimum absolute atomic E-state index is 0.614. The molecule has 9 rings (SSSR count). The van der Waals surface area contributed by atoms with Gasteiger partial charge in [-0.25, -0.2) is 19.9 Å². The highest BCUT2D eigenvalue weighted by Crippen LogP contribution is 2.38. The predicted molar refractivity (Wildman–Crippen MR) is 185 cm³/mol. The zero-order valence-corrected chi connectivity index (χ0v) is 24.5. The van der Waals surface area contributed by atoms with Crippen LogP contribution >= 0.6 is 0 Å². The molecule has 5 aromatic carbocycles. The van der Waals surface area contributed by atoms with Gasteiger partial charge in [0.05, 0.1) is 22.2 Å². The zero-order valence-electron chi connectivity index (χ0n) is 24.5. The standard InChI is InChI=1S/C40H24N6/c1-3-10-27(11-4-1)38-44-39(28-12-5-2-6-13-28)46-40(45-38)29-19-17-26(18-20-29)35-34-31-22-21-25-14-9-23-41-36(25)37(31)42-24-32(34)30-15-7-8-16-33(30)43-35/h1-24H. The largest absolute Gasteiger partial charge is 0.254 e. The summed E-state index contributed by atoms with van der Waals surface area (Å²) in [5.74, 6) is 1.88. The van der Waals surface area contributed by atoms with E-state index in [4.69, 9.17) is 24.9 Å². The molecule has 4 aromatic heterocycles. The Hall–Kier alpha value is -6.40. The fraction of sp³-hybridized carbons (Fsp3) is 0. The minimum atomic E-state index is 0.614. The van der Waals surface area contributed by atoms with E-state index in [1.807, 2.05) is 91.3 Å². The van der Waals surface area contributed by atoms with Crippen molar-refractivity contribution >= 4 is 43.5 Å². The highest BCUT2D eigenvalue weighted by atomic mass is 15.0. The second-order valence-corrected chi connectivity index (χ2v) is 11.2. The molecule has 9 aromatic rings. The summed E-state index contributed by atoms with van der Waals surface area (Å²) in [7, 11) is 0. The van der Waals surface area contributed by atoms with Gasteiger partial charge in [-0.15, -0.1) is 0 Å². The first kappa shape index (κ1) is 26.0. The summed E-state index contributed by atoms with van der Waals surface area (Å²) in [6.45, 7) is 0. The van der Waals surface area contributed by atoms with Crippen LogP contribution in [0, 0.1) is 0 Å². The van der Waals surface area contributed by atoms with Crippen LogP contribution in [0.4, 0.5) is 0 Å². The highest BCUT2D eigenvalue weighted by molar-refractivity contribution is 6.23. The first-order chi connectivity index (χ1) is 22.8. The summed E-state index contributed by atoms with van der Waals surface area (Å²) in [6, 6.07) is 44.9. The third-order valence-electron chi connectivity index (χ3n) is 8.39. The summed E-state index contributed by atoms with van der Waals surface area (Å²) in [4.78, 5) is 29.5. The van der Waals surface area contributed by atoms with Gasteiger partial charge in [0.15, 0.2) is 17.5 Å².